The molecule has 0 heterocycles. The molecule has 0 aliphatic heterocycles. The number of carbonyl (C=O) groups excluding carboxylic acids is 2. The van der Waals surface area contributed by atoms with Crippen LogP contribution in [0.4, 0.5) is 0 Å². The van der Waals surface area contributed by atoms with Crippen LogP contribution in [0.3, 0.4) is 0 Å². The molecule has 0 unspecified atom stereocenters. The van der Waals surface area contributed by atoms with Gasteiger partial charge >= 0.3 is 0 Å². The molecule has 136 valence electrons. The van der Waals surface area contributed by atoms with Crippen molar-refractivity contribution in [1.29, 1.82) is 0 Å². The molecule has 3 rings (SSSR count). The minimum absolute atomic E-state index is 0.239. The van der Waals surface area contributed by atoms with E-state index in [4.69, 9.17) is 0 Å². The van der Waals surface area contributed by atoms with Gasteiger partial charge in [-0.1, -0.05) is 65.7 Å². The fourth-order valence-corrected chi connectivity index (χ4v) is 2.85. The first-order valence-corrected chi connectivity index (χ1v) is 8.83. The summed E-state index contributed by atoms with van der Waals surface area (Å²) in [6.45, 7) is 3.87. The van der Waals surface area contributed by atoms with Crippen molar-refractivity contribution in [2.45, 2.75) is 20.0 Å². The van der Waals surface area contributed by atoms with Crippen molar-refractivity contribution in [2.75, 3.05) is 0 Å². The summed E-state index contributed by atoms with van der Waals surface area (Å²) in [4.78, 5) is 25.4. The van der Waals surface area contributed by atoms with E-state index in [1.807, 2.05) is 80.6 Å². The molecule has 4 nitrogen and oxygen atoms in total. The van der Waals surface area contributed by atoms with Crippen molar-refractivity contribution in [3.05, 3.63) is 107 Å². The summed E-state index contributed by atoms with van der Waals surface area (Å²) >= 11 is 0. The molecule has 0 bridgehead atoms. The molecule has 2 amide bonds. The smallest absolute Gasteiger partial charge is 0.253 e. The van der Waals surface area contributed by atoms with E-state index in [1.165, 1.54) is 0 Å². The number of hydrogen-bond donors (Lipinski definition) is 2. The molecule has 0 aliphatic rings. The summed E-state index contributed by atoms with van der Waals surface area (Å²) in [5.74, 6) is -0.478. The van der Waals surface area contributed by atoms with Crippen LogP contribution < -0.4 is 10.6 Å². The molecule has 0 atom stereocenters. The first-order valence-electron chi connectivity index (χ1n) is 8.83. The minimum atomic E-state index is -0.632. The Morgan fingerprint density at radius 2 is 1.15 bits per heavy atom. The lowest BCUT2D eigenvalue weighted by molar-refractivity contribution is 0.0883. The topological polar surface area (TPSA) is 58.2 Å². The summed E-state index contributed by atoms with van der Waals surface area (Å²) in [5.41, 5.74) is 3.92. The number of amides is 2. The number of hydrogen-bond acceptors (Lipinski definition) is 2. The van der Waals surface area contributed by atoms with E-state index in [2.05, 4.69) is 10.6 Å². The molecular weight excluding hydrogens is 336 g/mol. The Kier molecular flexibility index (Phi) is 5.67. The highest BCUT2D eigenvalue weighted by Gasteiger charge is 2.19. The highest BCUT2D eigenvalue weighted by Crippen LogP contribution is 2.13. The number of benzene rings is 3. The van der Waals surface area contributed by atoms with Gasteiger partial charge < -0.3 is 10.6 Å². The Balaban J connectivity index is 1.83. The largest absolute Gasteiger partial charge is 0.328 e. The maximum absolute atomic E-state index is 12.7. The average molecular weight is 358 g/mol. The lowest BCUT2D eigenvalue weighted by Crippen LogP contribution is -2.41. The maximum Gasteiger partial charge on any atom is 0.253 e. The van der Waals surface area contributed by atoms with Gasteiger partial charge in [-0.3, -0.25) is 9.59 Å². The normalized spacial score (nSPS) is 10.5. The van der Waals surface area contributed by atoms with Crippen LogP contribution in [0.5, 0.6) is 0 Å². The second-order valence-corrected chi connectivity index (χ2v) is 6.53. The molecule has 0 aromatic heterocycles. The molecule has 0 saturated heterocycles. The Morgan fingerprint density at radius 1 is 0.667 bits per heavy atom. The predicted molar refractivity (Wildman–Crippen MR) is 106 cm³/mol. The summed E-state index contributed by atoms with van der Waals surface area (Å²) in [5, 5.41) is 5.84. The van der Waals surface area contributed by atoms with Crippen molar-refractivity contribution in [2.24, 2.45) is 0 Å². The molecule has 0 aliphatic carbocycles. The van der Waals surface area contributed by atoms with Crippen LogP contribution in [0.1, 0.15) is 43.6 Å². The summed E-state index contributed by atoms with van der Waals surface area (Å²) in [6.07, 6.45) is -0.632. The Hall–Kier alpha value is -3.40. The number of aryl methyl sites for hydroxylation is 2. The van der Waals surface area contributed by atoms with Gasteiger partial charge in [0.2, 0.25) is 0 Å². The molecule has 0 spiro atoms. The standard InChI is InChI=1S/C23H22N2O2/c1-16-8-6-12-19(14-16)22(26)24-21(18-10-4-3-5-11-18)25-23(27)20-13-7-9-17(2)15-20/h3-15,21H,1-2H3,(H,24,26)(H,25,27). The van der Waals surface area contributed by atoms with Crippen molar-refractivity contribution in [3.8, 4) is 0 Å². The molecule has 3 aromatic rings. The van der Waals surface area contributed by atoms with Gasteiger partial charge in [-0.25, -0.2) is 0 Å². The third-order valence-corrected chi connectivity index (χ3v) is 4.24. The van der Waals surface area contributed by atoms with Crippen LogP contribution in [0.2, 0.25) is 0 Å². The van der Waals surface area contributed by atoms with Gasteiger partial charge in [0.25, 0.3) is 11.8 Å². The number of nitrogens with one attached hydrogen (secondary N) is 2. The lowest BCUT2D eigenvalue weighted by atomic mass is 10.1. The highest BCUT2D eigenvalue weighted by atomic mass is 16.2. The summed E-state index contributed by atoms with van der Waals surface area (Å²) in [7, 11) is 0. The molecule has 2 N–H and O–H groups in total. The zero-order chi connectivity index (χ0) is 19.2. The van der Waals surface area contributed by atoms with Crippen LogP contribution in [-0.4, -0.2) is 11.8 Å². The lowest BCUT2D eigenvalue weighted by Gasteiger charge is -2.21. The third-order valence-electron chi connectivity index (χ3n) is 4.24. The van der Waals surface area contributed by atoms with Gasteiger partial charge in [0, 0.05) is 11.1 Å². The van der Waals surface area contributed by atoms with E-state index in [-0.39, 0.29) is 11.8 Å². The van der Waals surface area contributed by atoms with Gasteiger partial charge in [-0.05, 0) is 43.7 Å². The molecular formula is C23H22N2O2. The zero-order valence-electron chi connectivity index (χ0n) is 15.4. The van der Waals surface area contributed by atoms with Gasteiger partial charge in [0.15, 0.2) is 0 Å². The van der Waals surface area contributed by atoms with Gasteiger partial charge in [-0.15, -0.1) is 0 Å². The maximum atomic E-state index is 12.7. The SMILES string of the molecule is Cc1cccc(C(=O)NC(NC(=O)c2cccc(C)c2)c2ccccc2)c1. The van der Waals surface area contributed by atoms with Crippen LogP contribution in [0, 0.1) is 13.8 Å². The molecule has 4 heteroatoms. The minimum Gasteiger partial charge on any atom is -0.328 e. The second-order valence-electron chi connectivity index (χ2n) is 6.53. The fraction of sp³-hybridized carbons (Fsp3) is 0.130. The Bertz CT molecular complexity index is 892. The molecule has 0 fully saturated rings. The van der Waals surface area contributed by atoms with Crippen LogP contribution in [-0.2, 0) is 0 Å². The van der Waals surface area contributed by atoms with E-state index in [1.54, 1.807) is 12.1 Å². The quantitative estimate of drug-likeness (QED) is 0.673. The molecule has 0 saturated carbocycles. The predicted octanol–water partition coefficient (Wildman–Crippen LogP) is 4.16. The zero-order valence-corrected chi connectivity index (χ0v) is 15.4. The van der Waals surface area contributed by atoms with Crippen LogP contribution in [0.15, 0.2) is 78.9 Å². The monoisotopic (exact) mass is 358 g/mol. The molecule has 27 heavy (non-hydrogen) atoms. The van der Waals surface area contributed by atoms with Gasteiger partial charge in [0.1, 0.15) is 6.17 Å². The number of rotatable bonds is 5. The van der Waals surface area contributed by atoms with E-state index in [9.17, 15) is 9.59 Å². The van der Waals surface area contributed by atoms with Crippen molar-refractivity contribution in [1.82, 2.24) is 10.6 Å². The van der Waals surface area contributed by atoms with Gasteiger partial charge in [0.05, 0.1) is 0 Å². The van der Waals surface area contributed by atoms with E-state index < -0.39 is 6.17 Å². The fourth-order valence-electron chi connectivity index (χ4n) is 2.85. The molecule has 0 radical (unpaired) electrons. The van der Waals surface area contributed by atoms with Crippen LogP contribution >= 0.6 is 0 Å². The van der Waals surface area contributed by atoms with Crippen molar-refractivity contribution < 1.29 is 9.59 Å². The summed E-state index contributed by atoms with van der Waals surface area (Å²) in [6, 6.07) is 24.1. The van der Waals surface area contributed by atoms with E-state index >= 15 is 0 Å². The Morgan fingerprint density at radius 3 is 1.59 bits per heavy atom. The van der Waals surface area contributed by atoms with Crippen LogP contribution in [0.25, 0.3) is 0 Å². The van der Waals surface area contributed by atoms with Crippen molar-refractivity contribution >= 4 is 11.8 Å². The first kappa shape index (κ1) is 18.4. The number of carbonyl (C=O) groups is 2. The molecule has 3 aromatic carbocycles. The van der Waals surface area contributed by atoms with Crippen molar-refractivity contribution in [3.63, 3.8) is 0 Å². The Labute approximate surface area is 159 Å². The first-order chi connectivity index (χ1) is 13.0. The summed E-state index contributed by atoms with van der Waals surface area (Å²) < 4.78 is 0. The van der Waals surface area contributed by atoms with E-state index in [0.29, 0.717) is 11.1 Å². The highest BCUT2D eigenvalue weighted by molar-refractivity contribution is 5.97. The third kappa shape index (κ3) is 4.82. The van der Waals surface area contributed by atoms with E-state index in [0.717, 1.165) is 16.7 Å². The van der Waals surface area contributed by atoms with Gasteiger partial charge in [-0.2, -0.15) is 0 Å². The second kappa shape index (κ2) is 8.32. The average Bonchev–Trinajstić information content (AvgIpc) is 2.68.